The second kappa shape index (κ2) is 8.05. The number of aromatic nitrogens is 4. The summed E-state index contributed by atoms with van der Waals surface area (Å²) in [7, 11) is 0. The van der Waals surface area contributed by atoms with E-state index in [1.165, 1.54) is 16.3 Å². The van der Waals surface area contributed by atoms with Gasteiger partial charge in [0.05, 0.1) is 18.4 Å². The standard InChI is InChI=1S/C16H20N4O4S/c1-10-8-20(14-7-12(22)13(9-21)24-14)16(23)19-11(10)3-6-25-15-17-4-2-5-18-15/h2,4-5,8,12-14,21-22H,3,6-7,9H2,1H3/t12-,13+,14+/m0/s1. The minimum absolute atomic E-state index is 0.257. The number of rotatable bonds is 6. The van der Waals surface area contributed by atoms with Crippen LogP contribution in [-0.2, 0) is 11.2 Å². The van der Waals surface area contributed by atoms with Crippen molar-refractivity contribution >= 4 is 11.8 Å². The molecule has 2 N–H and O–H groups in total. The van der Waals surface area contributed by atoms with Gasteiger partial charge in [0, 0.05) is 30.8 Å². The van der Waals surface area contributed by atoms with E-state index in [0.717, 1.165) is 11.3 Å². The zero-order valence-electron chi connectivity index (χ0n) is 13.8. The molecule has 0 radical (unpaired) electrons. The molecule has 3 rings (SSSR count). The van der Waals surface area contributed by atoms with Gasteiger partial charge in [-0.1, -0.05) is 11.8 Å². The average molecular weight is 364 g/mol. The summed E-state index contributed by atoms with van der Waals surface area (Å²) < 4.78 is 6.91. The first-order valence-electron chi connectivity index (χ1n) is 8.01. The molecule has 3 atom stereocenters. The molecule has 0 amide bonds. The van der Waals surface area contributed by atoms with Crippen LogP contribution in [-0.4, -0.2) is 54.3 Å². The molecular formula is C16H20N4O4S. The third-order valence-corrected chi connectivity index (χ3v) is 4.92. The van der Waals surface area contributed by atoms with Crippen molar-refractivity contribution in [1.82, 2.24) is 19.5 Å². The summed E-state index contributed by atoms with van der Waals surface area (Å²) in [6.45, 7) is 1.60. The van der Waals surface area contributed by atoms with E-state index in [2.05, 4.69) is 15.0 Å². The molecule has 9 heteroatoms. The van der Waals surface area contributed by atoms with Gasteiger partial charge in [0.1, 0.15) is 12.3 Å². The molecule has 1 aliphatic rings. The molecule has 134 valence electrons. The van der Waals surface area contributed by atoms with Crippen LogP contribution in [0, 0.1) is 6.92 Å². The van der Waals surface area contributed by atoms with E-state index in [9.17, 15) is 9.90 Å². The van der Waals surface area contributed by atoms with Gasteiger partial charge in [-0.15, -0.1) is 0 Å². The van der Waals surface area contributed by atoms with E-state index in [1.54, 1.807) is 24.7 Å². The number of hydrogen-bond donors (Lipinski definition) is 2. The van der Waals surface area contributed by atoms with Crippen LogP contribution in [0.15, 0.2) is 34.6 Å². The molecule has 25 heavy (non-hydrogen) atoms. The maximum atomic E-state index is 12.3. The highest BCUT2D eigenvalue weighted by Gasteiger charge is 2.35. The summed E-state index contributed by atoms with van der Waals surface area (Å²) >= 11 is 1.51. The molecule has 0 bridgehead atoms. The Morgan fingerprint density at radius 3 is 2.84 bits per heavy atom. The Morgan fingerprint density at radius 1 is 1.40 bits per heavy atom. The maximum absolute atomic E-state index is 12.3. The van der Waals surface area contributed by atoms with E-state index in [0.29, 0.717) is 17.3 Å². The predicted molar refractivity (Wildman–Crippen MR) is 91.3 cm³/mol. The number of nitrogens with zero attached hydrogens (tertiary/aromatic N) is 4. The molecule has 0 unspecified atom stereocenters. The predicted octanol–water partition coefficient (Wildman–Crippen LogP) is 0.317. The summed E-state index contributed by atoms with van der Waals surface area (Å²) in [5.41, 5.74) is 1.18. The summed E-state index contributed by atoms with van der Waals surface area (Å²) in [5.74, 6) is 0.715. The largest absolute Gasteiger partial charge is 0.394 e. The summed E-state index contributed by atoms with van der Waals surface area (Å²) in [6.07, 6.45) is 3.90. The average Bonchev–Trinajstić information content (AvgIpc) is 2.99. The SMILES string of the molecule is Cc1cn([C@H]2C[C@H](O)[C@@H](CO)O2)c(=O)nc1CCSc1ncccn1. The molecule has 0 aliphatic carbocycles. The van der Waals surface area contributed by atoms with Gasteiger partial charge >= 0.3 is 5.69 Å². The Bertz CT molecular complexity index is 770. The van der Waals surface area contributed by atoms with Gasteiger partial charge < -0.3 is 14.9 Å². The molecule has 0 saturated carbocycles. The van der Waals surface area contributed by atoms with E-state index in [1.807, 2.05) is 6.92 Å². The summed E-state index contributed by atoms with van der Waals surface area (Å²) in [4.78, 5) is 24.8. The highest BCUT2D eigenvalue weighted by Crippen LogP contribution is 2.27. The van der Waals surface area contributed by atoms with Gasteiger partial charge in [0.2, 0.25) is 0 Å². The van der Waals surface area contributed by atoms with Crippen molar-refractivity contribution in [3.63, 3.8) is 0 Å². The molecule has 1 aliphatic heterocycles. The highest BCUT2D eigenvalue weighted by molar-refractivity contribution is 7.99. The lowest BCUT2D eigenvalue weighted by atomic mass is 10.2. The molecule has 1 fully saturated rings. The van der Waals surface area contributed by atoms with Crippen molar-refractivity contribution in [2.75, 3.05) is 12.4 Å². The summed E-state index contributed by atoms with van der Waals surface area (Å²) in [5, 5.41) is 19.7. The first-order chi connectivity index (χ1) is 12.1. The smallest absolute Gasteiger partial charge is 0.349 e. The van der Waals surface area contributed by atoms with E-state index in [4.69, 9.17) is 9.84 Å². The Labute approximate surface area is 148 Å². The minimum Gasteiger partial charge on any atom is -0.394 e. The first-order valence-corrected chi connectivity index (χ1v) is 9.00. The topological polar surface area (TPSA) is 110 Å². The van der Waals surface area contributed by atoms with Crippen molar-refractivity contribution < 1.29 is 14.9 Å². The quantitative estimate of drug-likeness (QED) is 0.557. The number of ether oxygens (including phenoxy) is 1. The monoisotopic (exact) mass is 364 g/mol. The van der Waals surface area contributed by atoms with Crippen molar-refractivity contribution in [1.29, 1.82) is 0 Å². The fraction of sp³-hybridized carbons (Fsp3) is 0.500. The van der Waals surface area contributed by atoms with Gasteiger partial charge in [0.25, 0.3) is 0 Å². The molecule has 3 heterocycles. The fourth-order valence-corrected chi connectivity index (χ4v) is 3.46. The molecule has 8 nitrogen and oxygen atoms in total. The number of aliphatic hydroxyl groups is 2. The normalized spacial score (nSPS) is 23.1. The molecule has 1 saturated heterocycles. The molecule has 0 aromatic carbocycles. The number of hydrogen-bond acceptors (Lipinski definition) is 8. The van der Waals surface area contributed by atoms with E-state index < -0.39 is 24.1 Å². The highest BCUT2D eigenvalue weighted by atomic mass is 32.2. The van der Waals surface area contributed by atoms with Crippen LogP contribution >= 0.6 is 11.8 Å². The van der Waals surface area contributed by atoms with Crippen molar-refractivity contribution in [2.24, 2.45) is 0 Å². The first kappa shape index (κ1) is 18.0. The molecular weight excluding hydrogens is 344 g/mol. The Hall–Kier alpha value is -1.81. The number of thioether (sulfide) groups is 1. The second-order valence-electron chi connectivity index (χ2n) is 5.81. The molecule has 0 spiro atoms. The zero-order valence-corrected chi connectivity index (χ0v) is 14.6. The lowest BCUT2D eigenvalue weighted by Gasteiger charge is -2.16. The lowest BCUT2D eigenvalue weighted by Crippen LogP contribution is -2.29. The fourth-order valence-electron chi connectivity index (χ4n) is 2.71. The van der Waals surface area contributed by atoms with Gasteiger partial charge in [0.15, 0.2) is 5.16 Å². The van der Waals surface area contributed by atoms with Gasteiger partial charge in [-0.2, -0.15) is 4.98 Å². The minimum atomic E-state index is -0.788. The Balaban J connectivity index is 1.67. The molecule has 2 aromatic heterocycles. The molecule has 2 aromatic rings. The summed E-state index contributed by atoms with van der Waals surface area (Å²) in [6, 6.07) is 1.76. The van der Waals surface area contributed by atoms with Crippen LogP contribution in [0.2, 0.25) is 0 Å². The van der Waals surface area contributed by atoms with Gasteiger partial charge in [-0.05, 0) is 25.0 Å². The van der Waals surface area contributed by atoms with Crippen LogP contribution in [0.4, 0.5) is 0 Å². The second-order valence-corrected chi connectivity index (χ2v) is 6.87. The Morgan fingerprint density at radius 2 is 2.16 bits per heavy atom. The lowest BCUT2D eigenvalue weighted by molar-refractivity contribution is -0.0459. The third-order valence-electron chi connectivity index (χ3n) is 4.05. The van der Waals surface area contributed by atoms with Crippen LogP contribution < -0.4 is 5.69 Å². The maximum Gasteiger partial charge on any atom is 0.349 e. The van der Waals surface area contributed by atoms with Crippen LogP contribution in [0.1, 0.15) is 23.9 Å². The van der Waals surface area contributed by atoms with E-state index in [-0.39, 0.29) is 13.0 Å². The van der Waals surface area contributed by atoms with Crippen LogP contribution in [0.5, 0.6) is 0 Å². The third kappa shape index (κ3) is 4.24. The van der Waals surface area contributed by atoms with Crippen LogP contribution in [0.3, 0.4) is 0 Å². The number of aryl methyl sites for hydroxylation is 2. The Kier molecular flexibility index (Phi) is 5.79. The van der Waals surface area contributed by atoms with E-state index >= 15 is 0 Å². The van der Waals surface area contributed by atoms with Crippen LogP contribution in [0.25, 0.3) is 0 Å². The van der Waals surface area contributed by atoms with Crippen molar-refractivity contribution in [2.45, 2.75) is 43.4 Å². The number of aliphatic hydroxyl groups excluding tert-OH is 2. The van der Waals surface area contributed by atoms with Crippen molar-refractivity contribution in [3.8, 4) is 0 Å². The van der Waals surface area contributed by atoms with Crippen molar-refractivity contribution in [3.05, 3.63) is 46.4 Å². The van der Waals surface area contributed by atoms with Gasteiger partial charge in [-0.3, -0.25) is 4.57 Å². The van der Waals surface area contributed by atoms with Gasteiger partial charge in [-0.25, -0.2) is 14.8 Å². The zero-order chi connectivity index (χ0) is 17.8.